The average Bonchev–Trinajstić information content (AvgIpc) is 1.86. The van der Waals surface area contributed by atoms with Crippen LogP contribution in [0.15, 0.2) is 0 Å². The summed E-state index contributed by atoms with van der Waals surface area (Å²) in [4.78, 5) is 9.98. The molecule has 0 aliphatic heterocycles. The minimum atomic E-state index is -4.86. The van der Waals surface area contributed by atoms with E-state index in [4.69, 9.17) is 0 Å². The molecule has 0 heterocycles. The second-order valence-electron chi connectivity index (χ2n) is 1.63. The lowest BCUT2D eigenvalue weighted by molar-refractivity contribution is -0.199. The van der Waals surface area contributed by atoms with E-state index in [1.54, 1.807) is 6.26 Å². The molecule has 0 N–H and O–H groups in total. The molecule has 0 aliphatic rings. The Balaban J connectivity index is 3.54. The zero-order valence-corrected chi connectivity index (χ0v) is 6.59. The molecule has 11 heavy (non-hydrogen) atoms. The third-order valence-electron chi connectivity index (χ3n) is 0.752. The lowest BCUT2D eigenvalue weighted by atomic mass is 10.6. The molecule has 0 aliphatic carbocycles. The Labute approximate surface area is 66.1 Å². The maximum Gasteiger partial charge on any atom is 0.490 e. The Bertz CT molecular complexity index is 134. The molecule has 0 aromatic heterocycles. The fraction of sp³-hybridized carbons (Fsp3) is 0.800. The van der Waals surface area contributed by atoms with E-state index in [0.29, 0.717) is 5.75 Å². The van der Waals surface area contributed by atoms with Crippen molar-refractivity contribution in [1.29, 1.82) is 0 Å². The summed E-state index contributed by atoms with van der Waals surface area (Å²) in [5.41, 5.74) is 0. The van der Waals surface area contributed by atoms with Gasteiger partial charge in [0.1, 0.15) is 6.61 Å². The van der Waals surface area contributed by atoms with E-state index in [9.17, 15) is 18.0 Å². The van der Waals surface area contributed by atoms with Gasteiger partial charge < -0.3 is 4.74 Å². The predicted octanol–water partition coefficient (Wildman–Crippen LogP) is 1.45. The van der Waals surface area contributed by atoms with Gasteiger partial charge in [-0.25, -0.2) is 4.79 Å². The Morgan fingerprint density at radius 1 is 1.55 bits per heavy atom. The van der Waals surface area contributed by atoms with Crippen molar-refractivity contribution >= 4 is 17.7 Å². The van der Waals surface area contributed by atoms with Crippen LogP contribution in [0.25, 0.3) is 0 Å². The standard InChI is InChI=1S/C5H7F3O2S/c1-11-3-2-10-4(9)5(6,7)8/h2-3H2,1H3. The summed E-state index contributed by atoms with van der Waals surface area (Å²) in [5, 5.41) is 0. The molecule has 0 aromatic rings. The maximum absolute atomic E-state index is 11.4. The van der Waals surface area contributed by atoms with E-state index in [1.807, 2.05) is 0 Å². The number of thioether (sulfide) groups is 1. The fourth-order valence-corrected chi connectivity index (χ4v) is 0.550. The molecule has 6 heteroatoms. The first kappa shape index (κ1) is 10.6. The van der Waals surface area contributed by atoms with Crippen LogP contribution in [0.2, 0.25) is 0 Å². The van der Waals surface area contributed by atoms with Crippen LogP contribution >= 0.6 is 11.8 Å². The number of ether oxygens (including phenoxy) is 1. The predicted molar refractivity (Wildman–Crippen MR) is 35.4 cm³/mol. The number of carbonyl (C=O) groups excluding carboxylic acids is 1. The first-order valence-corrected chi connectivity index (χ1v) is 4.10. The van der Waals surface area contributed by atoms with Crippen molar-refractivity contribution in [3.05, 3.63) is 0 Å². The van der Waals surface area contributed by atoms with Crippen molar-refractivity contribution in [2.45, 2.75) is 6.18 Å². The molecule has 0 fully saturated rings. The van der Waals surface area contributed by atoms with Gasteiger partial charge in [0.15, 0.2) is 0 Å². The highest BCUT2D eigenvalue weighted by molar-refractivity contribution is 7.98. The van der Waals surface area contributed by atoms with Crippen LogP contribution in [-0.2, 0) is 9.53 Å². The van der Waals surface area contributed by atoms with E-state index in [2.05, 4.69) is 4.74 Å². The number of carbonyl (C=O) groups is 1. The SMILES string of the molecule is CSCCOC(=O)C(F)(F)F. The van der Waals surface area contributed by atoms with Gasteiger partial charge in [0.05, 0.1) is 0 Å². The van der Waals surface area contributed by atoms with Crippen molar-refractivity contribution in [1.82, 2.24) is 0 Å². The Kier molecular flexibility index (Phi) is 4.32. The molecule has 66 valence electrons. The number of alkyl halides is 3. The number of hydrogen-bond donors (Lipinski definition) is 0. The topological polar surface area (TPSA) is 26.3 Å². The van der Waals surface area contributed by atoms with Crippen LogP contribution in [0.3, 0.4) is 0 Å². The van der Waals surface area contributed by atoms with Gasteiger partial charge in [0, 0.05) is 5.75 Å². The summed E-state index contributed by atoms with van der Waals surface area (Å²) in [6, 6.07) is 0. The van der Waals surface area contributed by atoms with Gasteiger partial charge in [0.25, 0.3) is 0 Å². The first-order valence-electron chi connectivity index (χ1n) is 2.71. The van der Waals surface area contributed by atoms with Crippen LogP contribution in [0.1, 0.15) is 0 Å². The number of rotatable bonds is 3. The smallest absolute Gasteiger partial charge is 0.458 e. The summed E-state index contributed by atoms with van der Waals surface area (Å²) >= 11 is 1.31. The van der Waals surface area contributed by atoms with Crippen molar-refractivity contribution in [3.63, 3.8) is 0 Å². The van der Waals surface area contributed by atoms with Gasteiger partial charge in [-0.15, -0.1) is 0 Å². The largest absolute Gasteiger partial charge is 0.490 e. The van der Waals surface area contributed by atoms with Gasteiger partial charge in [-0.05, 0) is 6.26 Å². The van der Waals surface area contributed by atoms with E-state index in [-0.39, 0.29) is 6.61 Å². The van der Waals surface area contributed by atoms with Crippen LogP contribution < -0.4 is 0 Å². The first-order chi connectivity index (χ1) is 4.98. The zero-order chi connectivity index (χ0) is 8.91. The second-order valence-corrected chi connectivity index (χ2v) is 2.61. The Hall–Kier alpha value is -0.390. The average molecular weight is 188 g/mol. The number of esters is 1. The minimum absolute atomic E-state index is 0.195. The van der Waals surface area contributed by atoms with Crippen molar-refractivity contribution < 1.29 is 22.7 Å². The van der Waals surface area contributed by atoms with E-state index in [1.165, 1.54) is 11.8 Å². The highest BCUT2D eigenvalue weighted by Crippen LogP contribution is 2.16. The summed E-state index contributed by atoms with van der Waals surface area (Å²) in [6.07, 6.45) is -3.15. The molecule has 0 amide bonds. The lowest BCUT2D eigenvalue weighted by Crippen LogP contribution is -2.26. The third kappa shape index (κ3) is 4.94. The summed E-state index contributed by atoms with van der Waals surface area (Å²) in [6.45, 7) is -0.195. The normalized spacial score (nSPS) is 11.3. The van der Waals surface area contributed by atoms with Crippen molar-refractivity contribution in [3.8, 4) is 0 Å². The molecule has 2 nitrogen and oxygen atoms in total. The van der Waals surface area contributed by atoms with Crippen molar-refractivity contribution in [2.75, 3.05) is 18.6 Å². The molecule has 0 saturated carbocycles. The zero-order valence-electron chi connectivity index (χ0n) is 5.77. The van der Waals surface area contributed by atoms with Gasteiger partial charge in [0.2, 0.25) is 0 Å². The molecule has 0 atom stereocenters. The lowest BCUT2D eigenvalue weighted by Gasteiger charge is -2.05. The highest BCUT2D eigenvalue weighted by Gasteiger charge is 2.40. The quantitative estimate of drug-likeness (QED) is 0.495. The third-order valence-corrected chi connectivity index (χ3v) is 1.33. The summed E-state index contributed by atoms with van der Waals surface area (Å²) < 4.78 is 38.0. The molecule has 0 bridgehead atoms. The van der Waals surface area contributed by atoms with Crippen molar-refractivity contribution in [2.24, 2.45) is 0 Å². The molecule has 0 radical (unpaired) electrons. The van der Waals surface area contributed by atoms with Gasteiger partial charge in [-0.2, -0.15) is 24.9 Å². The minimum Gasteiger partial charge on any atom is -0.458 e. The van der Waals surface area contributed by atoms with Crippen LogP contribution in [0.5, 0.6) is 0 Å². The molecular formula is C5H7F3O2S. The molecule has 0 aromatic carbocycles. The van der Waals surface area contributed by atoms with Crippen LogP contribution in [0.4, 0.5) is 13.2 Å². The van der Waals surface area contributed by atoms with Crippen LogP contribution in [-0.4, -0.2) is 30.8 Å². The van der Waals surface area contributed by atoms with E-state index < -0.39 is 12.1 Å². The van der Waals surface area contributed by atoms with E-state index in [0.717, 1.165) is 0 Å². The fourth-order valence-electron chi connectivity index (χ4n) is 0.300. The highest BCUT2D eigenvalue weighted by atomic mass is 32.2. The summed E-state index contributed by atoms with van der Waals surface area (Å²) in [5.74, 6) is -1.74. The molecule has 0 spiro atoms. The van der Waals surface area contributed by atoms with Gasteiger partial charge in [-0.3, -0.25) is 0 Å². The second kappa shape index (κ2) is 4.48. The Morgan fingerprint density at radius 2 is 2.09 bits per heavy atom. The summed E-state index contributed by atoms with van der Waals surface area (Å²) in [7, 11) is 0. The van der Waals surface area contributed by atoms with E-state index >= 15 is 0 Å². The molecule has 0 saturated heterocycles. The monoisotopic (exact) mass is 188 g/mol. The molecule has 0 unspecified atom stereocenters. The number of halogens is 3. The van der Waals surface area contributed by atoms with Gasteiger partial charge >= 0.3 is 12.1 Å². The maximum atomic E-state index is 11.4. The van der Waals surface area contributed by atoms with Crippen LogP contribution in [0, 0.1) is 0 Å². The molecular weight excluding hydrogens is 181 g/mol. The van der Waals surface area contributed by atoms with Gasteiger partial charge in [-0.1, -0.05) is 0 Å². The Morgan fingerprint density at radius 3 is 2.45 bits per heavy atom. The molecule has 0 rings (SSSR count). The number of hydrogen-bond acceptors (Lipinski definition) is 3.